The second-order valence-electron chi connectivity index (χ2n) is 15.8. The molecule has 4 nitrogen and oxygen atoms in total. The number of hydrogen-bond donors (Lipinski definition) is 1. The molecule has 0 radical (unpaired) electrons. The Labute approximate surface area is 242 Å². The second kappa shape index (κ2) is 10.1. The van der Waals surface area contributed by atoms with Crippen LogP contribution in [-0.4, -0.2) is 23.9 Å². The van der Waals surface area contributed by atoms with Gasteiger partial charge in [-0.15, -0.1) is 0 Å². The van der Waals surface area contributed by atoms with E-state index in [4.69, 9.17) is 4.99 Å². The third-order valence-corrected chi connectivity index (χ3v) is 12.6. The molecule has 40 heavy (non-hydrogen) atoms. The molecule has 4 fully saturated rings. The first-order valence-electron chi connectivity index (χ1n) is 16.4. The molecule has 5 aliphatic rings. The number of nitrogens with zero attached hydrogens (tertiary/aromatic N) is 1. The number of benzene rings is 1. The molecule has 3 unspecified atom stereocenters. The van der Waals surface area contributed by atoms with Gasteiger partial charge in [-0.25, -0.2) is 0 Å². The van der Waals surface area contributed by atoms with Crippen molar-refractivity contribution in [1.29, 1.82) is 0 Å². The van der Waals surface area contributed by atoms with Crippen molar-refractivity contribution in [1.82, 2.24) is 5.32 Å². The first-order chi connectivity index (χ1) is 19.0. The topological polar surface area (TPSA) is 58.5 Å². The Kier molecular flexibility index (Phi) is 7.10. The fraction of sp³-hybridized carbons (Fsp3) is 0.750. The fourth-order valence-electron chi connectivity index (χ4n) is 10.1. The summed E-state index contributed by atoms with van der Waals surface area (Å²) in [4.78, 5) is 31.7. The van der Waals surface area contributed by atoms with Gasteiger partial charge in [-0.1, -0.05) is 84.6 Å². The summed E-state index contributed by atoms with van der Waals surface area (Å²) in [5.41, 5.74) is 3.84. The van der Waals surface area contributed by atoms with Crippen LogP contribution in [0.5, 0.6) is 0 Å². The quantitative estimate of drug-likeness (QED) is 0.393. The van der Waals surface area contributed by atoms with E-state index in [0.717, 1.165) is 45.1 Å². The first kappa shape index (κ1) is 28.2. The van der Waals surface area contributed by atoms with Crippen LogP contribution < -0.4 is 5.32 Å². The number of aliphatic imine (C=N–C) groups is 1. The van der Waals surface area contributed by atoms with Crippen LogP contribution in [0.1, 0.15) is 129 Å². The van der Waals surface area contributed by atoms with Crippen molar-refractivity contribution in [2.45, 2.75) is 129 Å². The molecule has 218 valence electrons. The van der Waals surface area contributed by atoms with E-state index in [0.29, 0.717) is 42.3 Å². The normalized spacial score (nSPS) is 37.4. The molecule has 1 N–H and O–H groups in total. The van der Waals surface area contributed by atoms with Crippen molar-refractivity contribution >= 4 is 17.4 Å². The molecule has 1 aromatic carbocycles. The minimum absolute atomic E-state index is 0.0428. The molecule has 1 heterocycles. The van der Waals surface area contributed by atoms with E-state index < -0.39 is 0 Å². The predicted octanol–water partition coefficient (Wildman–Crippen LogP) is 7.92. The summed E-state index contributed by atoms with van der Waals surface area (Å²) < 4.78 is 0. The summed E-state index contributed by atoms with van der Waals surface area (Å²) in [7, 11) is 0. The number of rotatable bonds is 3. The van der Waals surface area contributed by atoms with Gasteiger partial charge in [-0.3, -0.25) is 14.6 Å². The van der Waals surface area contributed by atoms with Gasteiger partial charge in [-0.2, -0.15) is 0 Å². The SMILES string of the molecule is CC(C)(C)c1ccc(C2(NC(=O)[C@H]3CCC4C5CN=C6CC(=O)CC[C@]6(C)C5CC[C@@]43C)CCCCCC2)cc1. The maximum atomic E-state index is 14.4. The zero-order chi connectivity index (χ0) is 28.3. The molecule has 4 saturated carbocycles. The molecule has 6 rings (SSSR count). The highest BCUT2D eigenvalue weighted by molar-refractivity contribution is 6.07. The Morgan fingerprint density at radius 3 is 2.27 bits per heavy atom. The molecular formula is C36H52N2O2. The van der Waals surface area contributed by atoms with Gasteiger partial charge < -0.3 is 5.32 Å². The van der Waals surface area contributed by atoms with Crippen molar-refractivity contribution in [3.63, 3.8) is 0 Å². The average molecular weight is 545 g/mol. The van der Waals surface area contributed by atoms with Crippen molar-refractivity contribution in [3.8, 4) is 0 Å². The lowest BCUT2D eigenvalue weighted by Gasteiger charge is -2.56. The highest BCUT2D eigenvalue weighted by Gasteiger charge is 2.60. The number of hydrogen-bond acceptors (Lipinski definition) is 3. The van der Waals surface area contributed by atoms with Gasteiger partial charge in [0.1, 0.15) is 5.78 Å². The Balaban J connectivity index is 1.25. The first-order valence-corrected chi connectivity index (χ1v) is 16.4. The number of nitrogens with one attached hydrogen (secondary N) is 1. The Morgan fingerprint density at radius 2 is 1.60 bits per heavy atom. The standard InChI is InChI=1S/C36H52N2O2/c1-33(2,3)24-10-12-25(13-11-24)36(18-8-6-7-9-19-36)38-32(40)30-15-14-28-27-23-37-31-22-26(39)16-20-35(31,5)29(27)17-21-34(28,30)4/h10-13,27-30H,6-9,14-23H2,1-5H3,(H,38,40)/t27?,28?,29?,30-,34+,35-/m1/s1. The number of fused-ring (bicyclic) bond motifs is 5. The molecular weight excluding hydrogens is 492 g/mol. The number of ketones is 1. The molecule has 4 aliphatic carbocycles. The minimum atomic E-state index is -0.248. The van der Waals surface area contributed by atoms with Crippen LogP contribution >= 0.6 is 0 Å². The summed E-state index contributed by atoms with van der Waals surface area (Å²) in [6.07, 6.45) is 13.7. The summed E-state index contributed by atoms with van der Waals surface area (Å²) in [5, 5.41) is 3.77. The summed E-state index contributed by atoms with van der Waals surface area (Å²) in [6.45, 7) is 12.5. The number of carbonyl (C=O) groups is 2. The number of Topliss-reactive ketones (excluding diaryl/α,β-unsaturated/α-hetero) is 1. The van der Waals surface area contributed by atoms with Crippen LogP contribution in [-0.2, 0) is 20.5 Å². The van der Waals surface area contributed by atoms with E-state index in [1.807, 2.05) is 0 Å². The van der Waals surface area contributed by atoms with Crippen molar-refractivity contribution in [3.05, 3.63) is 35.4 Å². The van der Waals surface area contributed by atoms with Gasteiger partial charge in [0, 0.05) is 36.4 Å². The van der Waals surface area contributed by atoms with Crippen LogP contribution in [0.25, 0.3) is 0 Å². The van der Waals surface area contributed by atoms with Gasteiger partial charge in [0.2, 0.25) is 5.91 Å². The van der Waals surface area contributed by atoms with Gasteiger partial charge in [0.05, 0.1) is 5.54 Å². The summed E-state index contributed by atoms with van der Waals surface area (Å²) in [5.74, 6) is 2.47. The van der Waals surface area contributed by atoms with Crippen molar-refractivity contribution in [2.24, 2.45) is 39.5 Å². The van der Waals surface area contributed by atoms with Gasteiger partial charge in [0.15, 0.2) is 0 Å². The largest absolute Gasteiger partial charge is 0.346 e. The van der Waals surface area contributed by atoms with Crippen LogP contribution in [0.15, 0.2) is 29.3 Å². The molecule has 0 spiro atoms. The van der Waals surface area contributed by atoms with E-state index in [1.54, 1.807) is 0 Å². The van der Waals surface area contributed by atoms with Crippen molar-refractivity contribution < 1.29 is 9.59 Å². The second-order valence-corrected chi connectivity index (χ2v) is 15.8. The van der Waals surface area contributed by atoms with E-state index in [9.17, 15) is 9.59 Å². The third kappa shape index (κ3) is 4.60. The molecule has 0 saturated heterocycles. The highest BCUT2D eigenvalue weighted by Crippen LogP contribution is 2.64. The molecule has 0 bridgehead atoms. The van der Waals surface area contributed by atoms with Gasteiger partial charge >= 0.3 is 0 Å². The van der Waals surface area contributed by atoms with E-state index >= 15 is 0 Å². The third-order valence-electron chi connectivity index (χ3n) is 12.6. The van der Waals surface area contributed by atoms with E-state index in [-0.39, 0.29) is 27.7 Å². The lowest BCUT2D eigenvalue weighted by atomic mass is 9.49. The molecule has 1 aliphatic heterocycles. The molecule has 1 aromatic rings. The smallest absolute Gasteiger partial charge is 0.224 e. The van der Waals surface area contributed by atoms with Gasteiger partial charge in [-0.05, 0) is 84.7 Å². The highest BCUT2D eigenvalue weighted by atomic mass is 16.2. The molecule has 6 atom stereocenters. The zero-order valence-corrected chi connectivity index (χ0v) is 25.8. The Hall–Kier alpha value is -1.97. The van der Waals surface area contributed by atoms with Crippen molar-refractivity contribution in [2.75, 3.05) is 6.54 Å². The lowest BCUT2D eigenvalue weighted by molar-refractivity contribution is -0.134. The average Bonchev–Trinajstić information content (AvgIpc) is 3.10. The van der Waals surface area contributed by atoms with Crippen LogP contribution in [0, 0.1) is 34.5 Å². The number of amides is 1. The van der Waals surface area contributed by atoms with Crippen LogP contribution in [0.3, 0.4) is 0 Å². The summed E-state index contributed by atoms with van der Waals surface area (Å²) >= 11 is 0. The number of carbonyl (C=O) groups excluding carboxylic acids is 2. The Morgan fingerprint density at radius 1 is 0.900 bits per heavy atom. The summed E-state index contributed by atoms with van der Waals surface area (Å²) in [6, 6.07) is 9.20. The predicted molar refractivity (Wildman–Crippen MR) is 162 cm³/mol. The Bertz CT molecular complexity index is 1170. The van der Waals surface area contributed by atoms with Crippen LogP contribution in [0.2, 0.25) is 0 Å². The fourth-order valence-corrected chi connectivity index (χ4v) is 10.1. The maximum absolute atomic E-state index is 14.4. The lowest BCUT2D eigenvalue weighted by Crippen LogP contribution is -2.56. The molecule has 1 amide bonds. The molecule has 4 heteroatoms. The molecule has 0 aromatic heterocycles. The minimum Gasteiger partial charge on any atom is -0.346 e. The zero-order valence-electron chi connectivity index (χ0n) is 25.8. The maximum Gasteiger partial charge on any atom is 0.224 e. The van der Waals surface area contributed by atoms with Gasteiger partial charge in [0.25, 0.3) is 0 Å². The van der Waals surface area contributed by atoms with Crippen LogP contribution in [0.4, 0.5) is 0 Å². The monoisotopic (exact) mass is 544 g/mol. The van der Waals surface area contributed by atoms with E-state index in [2.05, 4.69) is 64.2 Å². The van der Waals surface area contributed by atoms with E-state index in [1.165, 1.54) is 48.9 Å².